The Hall–Kier alpha value is -0.940. The molecule has 3 atom stereocenters. The first kappa shape index (κ1) is 14.5. The molecule has 1 heterocycles. The van der Waals surface area contributed by atoms with Crippen molar-refractivity contribution in [2.45, 2.75) is 64.0 Å². The molecule has 5 nitrogen and oxygen atoms in total. The molecule has 0 saturated heterocycles. The summed E-state index contributed by atoms with van der Waals surface area (Å²) in [6.07, 6.45) is 5.78. The van der Waals surface area contributed by atoms with Crippen molar-refractivity contribution in [1.29, 1.82) is 0 Å². The number of aliphatic hydroxyl groups excluding tert-OH is 1. The number of nitrogens with zero attached hydrogens (tertiary/aromatic N) is 2. The average Bonchev–Trinajstić information content (AvgIpc) is 2.69. The number of aliphatic hydroxyl groups is 1. The lowest BCUT2D eigenvalue weighted by Gasteiger charge is -2.32. The first-order valence-electron chi connectivity index (χ1n) is 7.47. The molecular weight excluding hydrogens is 242 g/mol. The summed E-state index contributed by atoms with van der Waals surface area (Å²) in [6, 6.07) is -0.129. The van der Waals surface area contributed by atoms with Crippen LogP contribution in [0, 0.1) is 5.92 Å². The standard InChI is InChI=1S/C14H25N3O2/c1-2-5-11-10(8-9-15)14(19)17(16-11)12-6-3-4-7-13(12)18/h10,12-13,18H,2-9,15H2,1H3. The fourth-order valence-electron chi connectivity index (χ4n) is 3.11. The second-order valence-corrected chi connectivity index (χ2v) is 5.57. The molecule has 19 heavy (non-hydrogen) atoms. The Balaban J connectivity index is 2.14. The Morgan fingerprint density at radius 2 is 2.16 bits per heavy atom. The lowest BCUT2D eigenvalue weighted by Crippen LogP contribution is -2.45. The summed E-state index contributed by atoms with van der Waals surface area (Å²) in [5.41, 5.74) is 6.56. The smallest absolute Gasteiger partial charge is 0.251 e. The highest BCUT2D eigenvalue weighted by Crippen LogP contribution is 2.30. The number of amides is 1. The summed E-state index contributed by atoms with van der Waals surface area (Å²) < 4.78 is 0. The lowest BCUT2D eigenvalue weighted by molar-refractivity contribution is -0.137. The van der Waals surface area contributed by atoms with Gasteiger partial charge in [-0.2, -0.15) is 5.10 Å². The zero-order valence-corrected chi connectivity index (χ0v) is 11.7. The van der Waals surface area contributed by atoms with Crippen molar-refractivity contribution in [2.24, 2.45) is 16.8 Å². The monoisotopic (exact) mass is 267 g/mol. The van der Waals surface area contributed by atoms with Gasteiger partial charge in [0.15, 0.2) is 0 Å². The van der Waals surface area contributed by atoms with Crippen LogP contribution >= 0.6 is 0 Å². The third-order valence-electron chi connectivity index (χ3n) is 4.13. The predicted molar refractivity (Wildman–Crippen MR) is 74.6 cm³/mol. The quantitative estimate of drug-likeness (QED) is 0.787. The van der Waals surface area contributed by atoms with Crippen molar-refractivity contribution in [1.82, 2.24) is 5.01 Å². The van der Waals surface area contributed by atoms with Crippen LogP contribution in [0.2, 0.25) is 0 Å². The molecule has 2 rings (SSSR count). The highest BCUT2D eigenvalue weighted by atomic mass is 16.3. The molecule has 0 aromatic carbocycles. The minimum atomic E-state index is -0.430. The fraction of sp³-hybridized carbons (Fsp3) is 0.857. The van der Waals surface area contributed by atoms with E-state index >= 15 is 0 Å². The van der Waals surface area contributed by atoms with Crippen LogP contribution in [-0.4, -0.2) is 40.4 Å². The van der Waals surface area contributed by atoms with E-state index < -0.39 is 6.10 Å². The molecule has 0 aromatic rings. The van der Waals surface area contributed by atoms with Crippen molar-refractivity contribution >= 4 is 11.6 Å². The Labute approximate surface area is 114 Å². The minimum absolute atomic E-state index is 0.0415. The number of carbonyl (C=O) groups is 1. The molecule has 0 bridgehead atoms. The predicted octanol–water partition coefficient (Wildman–Crippen LogP) is 1.25. The van der Waals surface area contributed by atoms with Gasteiger partial charge in [-0.1, -0.05) is 26.2 Å². The third-order valence-corrected chi connectivity index (χ3v) is 4.13. The second kappa shape index (κ2) is 6.48. The molecule has 108 valence electrons. The van der Waals surface area contributed by atoms with Crippen molar-refractivity contribution < 1.29 is 9.90 Å². The summed E-state index contributed by atoms with van der Waals surface area (Å²) in [7, 11) is 0. The van der Waals surface area contributed by atoms with Crippen molar-refractivity contribution in [3.05, 3.63) is 0 Å². The van der Waals surface area contributed by atoms with Gasteiger partial charge < -0.3 is 10.8 Å². The first-order valence-corrected chi connectivity index (χ1v) is 7.47. The highest BCUT2D eigenvalue weighted by Gasteiger charge is 2.41. The highest BCUT2D eigenvalue weighted by molar-refractivity contribution is 6.08. The third kappa shape index (κ3) is 2.98. The number of hydrogen-bond donors (Lipinski definition) is 2. The lowest BCUT2D eigenvalue weighted by atomic mass is 9.91. The molecule has 3 unspecified atom stereocenters. The van der Waals surface area contributed by atoms with E-state index in [-0.39, 0.29) is 17.9 Å². The van der Waals surface area contributed by atoms with Crippen LogP contribution in [-0.2, 0) is 4.79 Å². The fourth-order valence-corrected chi connectivity index (χ4v) is 3.11. The van der Waals surface area contributed by atoms with Crippen molar-refractivity contribution in [3.63, 3.8) is 0 Å². The van der Waals surface area contributed by atoms with Crippen LogP contribution in [0.25, 0.3) is 0 Å². The van der Waals surface area contributed by atoms with Gasteiger partial charge in [-0.3, -0.25) is 4.79 Å². The van der Waals surface area contributed by atoms with E-state index in [2.05, 4.69) is 12.0 Å². The summed E-state index contributed by atoms with van der Waals surface area (Å²) >= 11 is 0. The number of hydrazone groups is 1. The largest absolute Gasteiger partial charge is 0.391 e. The van der Waals surface area contributed by atoms with Gasteiger partial charge in [-0.05, 0) is 32.2 Å². The van der Waals surface area contributed by atoms with E-state index in [1.165, 1.54) is 0 Å². The number of nitrogens with two attached hydrogens (primary N) is 1. The maximum absolute atomic E-state index is 12.5. The summed E-state index contributed by atoms with van der Waals surface area (Å²) in [4.78, 5) is 12.5. The summed E-state index contributed by atoms with van der Waals surface area (Å²) in [6.45, 7) is 2.59. The van der Waals surface area contributed by atoms with Gasteiger partial charge >= 0.3 is 0 Å². The van der Waals surface area contributed by atoms with E-state index in [0.29, 0.717) is 13.0 Å². The SMILES string of the molecule is CCCC1=NN(C2CCCCC2O)C(=O)C1CCN. The van der Waals surface area contributed by atoms with E-state index in [9.17, 15) is 9.90 Å². The van der Waals surface area contributed by atoms with Crippen molar-refractivity contribution in [2.75, 3.05) is 6.54 Å². The first-order chi connectivity index (χ1) is 9.19. The molecule has 5 heteroatoms. The zero-order chi connectivity index (χ0) is 13.8. The van der Waals surface area contributed by atoms with Crippen LogP contribution in [0.4, 0.5) is 0 Å². The van der Waals surface area contributed by atoms with Gasteiger partial charge in [0.2, 0.25) is 0 Å². The van der Waals surface area contributed by atoms with Crippen LogP contribution in [0.15, 0.2) is 5.10 Å². The molecule has 1 fully saturated rings. The van der Waals surface area contributed by atoms with Gasteiger partial charge in [0.05, 0.1) is 23.8 Å². The van der Waals surface area contributed by atoms with E-state index in [1.807, 2.05) is 0 Å². The van der Waals surface area contributed by atoms with Crippen LogP contribution < -0.4 is 5.73 Å². The Morgan fingerprint density at radius 1 is 1.42 bits per heavy atom. The molecule has 1 amide bonds. The normalized spacial score (nSPS) is 31.7. The molecular formula is C14H25N3O2. The van der Waals surface area contributed by atoms with E-state index in [4.69, 9.17) is 5.73 Å². The molecule has 1 saturated carbocycles. The number of carbonyl (C=O) groups excluding carboxylic acids is 1. The molecule has 1 aliphatic heterocycles. The number of rotatable bonds is 5. The van der Waals surface area contributed by atoms with Crippen LogP contribution in [0.5, 0.6) is 0 Å². The van der Waals surface area contributed by atoms with Crippen molar-refractivity contribution in [3.8, 4) is 0 Å². The summed E-state index contributed by atoms with van der Waals surface area (Å²) in [5, 5.41) is 16.2. The zero-order valence-electron chi connectivity index (χ0n) is 11.7. The molecule has 2 aliphatic rings. The van der Waals surface area contributed by atoms with Gasteiger partial charge in [0, 0.05) is 0 Å². The maximum Gasteiger partial charge on any atom is 0.251 e. The van der Waals surface area contributed by atoms with Gasteiger partial charge in [-0.15, -0.1) is 0 Å². The average molecular weight is 267 g/mol. The topological polar surface area (TPSA) is 78.9 Å². The molecule has 1 aliphatic carbocycles. The molecule has 0 radical (unpaired) electrons. The molecule has 3 N–H and O–H groups in total. The maximum atomic E-state index is 12.5. The van der Waals surface area contributed by atoms with Gasteiger partial charge in [-0.25, -0.2) is 5.01 Å². The Morgan fingerprint density at radius 3 is 2.79 bits per heavy atom. The molecule has 0 spiro atoms. The number of hydrogen-bond acceptors (Lipinski definition) is 4. The van der Waals surface area contributed by atoms with Crippen LogP contribution in [0.1, 0.15) is 51.9 Å². The van der Waals surface area contributed by atoms with E-state index in [0.717, 1.165) is 44.2 Å². The second-order valence-electron chi connectivity index (χ2n) is 5.57. The van der Waals surface area contributed by atoms with Crippen LogP contribution in [0.3, 0.4) is 0 Å². The molecule has 0 aromatic heterocycles. The Kier molecular flexibility index (Phi) is 4.93. The van der Waals surface area contributed by atoms with Gasteiger partial charge in [0.25, 0.3) is 5.91 Å². The summed E-state index contributed by atoms with van der Waals surface area (Å²) in [5.74, 6) is -0.112. The van der Waals surface area contributed by atoms with E-state index in [1.54, 1.807) is 5.01 Å². The minimum Gasteiger partial charge on any atom is -0.391 e. The van der Waals surface area contributed by atoms with Gasteiger partial charge in [0.1, 0.15) is 0 Å². The Bertz CT molecular complexity index is 357.